The zero-order valence-corrected chi connectivity index (χ0v) is 10.7. The van der Waals surface area contributed by atoms with E-state index in [1.807, 2.05) is 0 Å². The van der Waals surface area contributed by atoms with Crippen molar-refractivity contribution in [3.8, 4) is 0 Å². The molecule has 0 aliphatic heterocycles. The van der Waals surface area contributed by atoms with Crippen molar-refractivity contribution < 1.29 is 19.3 Å². The van der Waals surface area contributed by atoms with Gasteiger partial charge in [-0.3, -0.25) is 24.5 Å². The highest BCUT2D eigenvalue weighted by molar-refractivity contribution is 6.20. The Kier molecular flexibility index (Phi) is 4.02. The summed E-state index contributed by atoms with van der Waals surface area (Å²) in [6.45, 7) is 0. The van der Waals surface area contributed by atoms with Gasteiger partial charge in [-0.05, 0) is 6.42 Å². The highest BCUT2D eigenvalue weighted by Gasteiger charge is 2.36. The Morgan fingerprint density at radius 2 is 1.80 bits per heavy atom. The molecule has 1 saturated carbocycles. The van der Waals surface area contributed by atoms with E-state index in [4.69, 9.17) is 0 Å². The number of rotatable bonds is 4. The number of nitro groups is 1. The fraction of sp³-hybridized carbons (Fsp3) is 0.357. The maximum atomic E-state index is 12.1. The van der Waals surface area contributed by atoms with Gasteiger partial charge >= 0.3 is 0 Å². The van der Waals surface area contributed by atoms with E-state index in [0.717, 1.165) is 0 Å². The van der Waals surface area contributed by atoms with E-state index in [-0.39, 0.29) is 42.1 Å². The normalized spacial score (nSPS) is 16.2. The molecule has 0 N–H and O–H groups in total. The first-order valence-corrected chi connectivity index (χ1v) is 6.31. The number of carbonyl (C=O) groups excluding carboxylic acids is 3. The summed E-state index contributed by atoms with van der Waals surface area (Å²) in [5.74, 6) is -2.52. The van der Waals surface area contributed by atoms with Gasteiger partial charge in [-0.2, -0.15) is 0 Å². The molecule has 1 aromatic carbocycles. The lowest BCUT2D eigenvalue weighted by atomic mass is 9.82. The molecule has 1 aromatic rings. The molecule has 1 aliphatic carbocycles. The van der Waals surface area contributed by atoms with Gasteiger partial charge < -0.3 is 0 Å². The van der Waals surface area contributed by atoms with Gasteiger partial charge in [-0.15, -0.1) is 0 Å². The molecule has 0 radical (unpaired) electrons. The molecule has 1 fully saturated rings. The number of hydrogen-bond donors (Lipinski definition) is 0. The van der Waals surface area contributed by atoms with E-state index in [2.05, 4.69) is 0 Å². The van der Waals surface area contributed by atoms with Crippen LogP contribution in [0.15, 0.2) is 24.3 Å². The summed E-state index contributed by atoms with van der Waals surface area (Å²) >= 11 is 0. The summed E-state index contributed by atoms with van der Waals surface area (Å²) in [4.78, 5) is 45.8. The standard InChI is InChI=1S/C14H13NO5/c16-11-6-3-7-12(17)14(11)13(18)8-9-4-1-2-5-10(9)15(19)20/h1-2,4-5,14H,3,6-8H2. The summed E-state index contributed by atoms with van der Waals surface area (Å²) in [5, 5.41) is 10.9. The van der Waals surface area contributed by atoms with Crippen LogP contribution in [0.4, 0.5) is 5.69 Å². The van der Waals surface area contributed by atoms with Gasteiger partial charge in [0.15, 0.2) is 17.3 Å². The first kappa shape index (κ1) is 14.0. The van der Waals surface area contributed by atoms with Crippen LogP contribution >= 0.6 is 0 Å². The quantitative estimate of drug-likeness (QED) is 0.473. The van der Waals surface area contributed by atoms with Crippen LogP contribution in [0.2, 0.25) is 0 Å². The lowest BCUT2D eigenvalue weighted by molar-refractivity contribution is -0.385. The first-order valence-electron chi connectivity index (χ1n) is 6.31. The molecule has 20 heavy (non-hydrogen) atoms. The third-order valence-electron chi connectivity index (χ3n) is 3.37. The van der Waals surface area contributed by atoms with Crippen LogP contribution < -0.4 is 0 Å². The molecule has 104 valence electrons. The molecule has 0 aromatic heterocycles. The van der Waals surface area contributed by atoms with Crippen molar-refractivity contribution in [2.75, 3.05) is 0 Å². The fourth-order valence-electron chi connectivity index (χ4n) is 2.39. The number of benzene rings is 1. The van der Waals surface area contributed by atoms with Gasteiger partial charge in [0.05, 0.1) is 4.92 Å². The van der Waals surface area contributed by atoms with Crippen molar-refractivity contribution >= 4 is 23.0 Å². The van der Waals surface area contributed by atoms with Gasteiger partial charge in [0, 0.05) is 30.9 Å². The molecule has 0 amide bonds. The molecular weight excluding hydrogens is 262 g/mol. The largest absolute Gasteiger partial charge is 0.298 e. The number of ketones is 3. The predicted molar refractivity (Wildman–Crippen MR) is 69.2 cm³/mol. The minimum Gasteiger partial charge on any atom is -0.298 e. The zero-order chi connectivity index (χ0) is 14.7. The Bertz CT molecular complexity index is 577. The average molecular weight is 275 g/mol. The van der Waals surface area contributed by atoms with Crippen molar-refractivity contribution in [1.29, 1.82) is 0 Å². The van der Waals surface area contributed by atoms with Crippen molar-refractivity contribution in [2.45, 2.75) is 25.7 Å². The lowest BCUT2D eigenvalue weighted by Gasteiger charge is -2.18. The third-order valence-corrected chi connectivity index (χ3v) is 3.37. The Hall–Kier alpha value is -2.37. The Labute approximate surface area is 114 Å². The number of carbonyl (C=O) groups is 3. The second-order valence-electron chi connectivity index (χ2n) is 4.75. The molecule has 6 heteroatoms. The summed E-state index contributed by atoms with van der Waals surface area (Å²) in [6.07, 6.45) is 0.657. The molecule has 1 aliphatic rings. The van der Waals surface area contributed by atoms with Crippen molar-refractivity contribution in [1.82, 2.24) is 0 Å². The molecule has 0 spiro atoms. The SMILES string of the molecule is O=C1CCCC(=O)C1C(=O)Cc1ccccc1[N+](=O)[O-]. The summed E-state index contributed by atoms with van der Waals surface area (Å²) < 4.78 is 0. The minimum absolute atomic E-state index is 0.170. The molecular formula is C14H13NO5. The monoisotopic (exact) mass is 275 g/mol. The van der Waals surface area contributed by atoms with Crippen molar-refractivity contribution in [3.63, 3.8) is 0 Å². The van der Waals surface area contributed by atoms with Gasteiger partial charge in [-0.25, -0.2) is 0 Å². The number of hydrogen-bond acceptors (Lipinski definition) is 5. The first-order chi connectivity index (χ1) is 9.50. The third kappa shape index (κ3) is 2.79. The van der Waals surface area contributed by atoms with Crippen LogP contribution in [0, 0.1) is 16.0 Å². The van der Waals surface area contributed by atoms with E-state index in [1.165, 1.54) is 18.2 Å². The van der Waals surface area contributed by atoms with Gasteiger partial charge in [0.25, 0.3) is 5.69 Å². The van der Waals surface area contributed by atoms with Crippen LogP contribution in [-0.4, -0.2) is 22.3 Å². The Morgan fingerprint density at radius 3 is 2.40 bits per heavy atom. The fourth-order valence-corrected chi connectivity index (χ4v) is 2.39. The lowest BCUT2D eigenvalue weighted by Crippen LogP contribution is -2.36. The summed E-state index contributed by atoms with van der Waals surface area (Å²) in [7, 11) is 0. The van der Waals surface area contributed by atoms with E-state index >= 15 is 0 Å². The van der Waals surface area contributed by atoms with Crippen molar-refractivity contribution in [2.24, 2.45) is 5.92 Å². The highest BCUT2D eigenvalue weighted by atomic mass is 16.6. The van der Waals surface area contributed by atoms with Crippen LogP contribution in [0.5, 0.6) is 0 Å². The van der Waals surface area contributed by atoms with E-state index in [1.54, 1.807) is 6.07 Å². The zero-order valence-electron chi connectivity index (χ0n) is 10.7. The number of Topliss-reactive ketones (excluding diaryl/α,β-unsaturated/α-hetero) is 3. The molecule has 0 heterocycles. The number of nitro benzene ring substituents is 1. The van der Waals surface area contributed by atoms with Crippen LogP contribution in [-0.2, 0) is 20.8 Å². The summed E-state index contributed by atoms with van der Waals surface area (Å²) in [5.41, 5.74) is 0.0604. The van der Waals surface area contributed by atoms with Gasteiger partial charge in [0.2, 0.25) is 0 Å². The van der Waals surface area contributed by atoms with Crippen LogP contribution in [0.1, 0.15) is 24.8 Å². The second-order valence-corrected chi connectivity index (χ2v) is 4.75. The number of para-hydroxylation sites is 1. The van der Waals surface area contributed by atoms with E-state index in [9.17, 15) is 24.5 Å². The predicted octanol–water partition coefficient (Wildman–Crippen LogP) is 1.64. The molecule has 0 saturated heterocycles. The molecule has 0 unspecified atom stereocenters. The maximum absolute atomic E-state index is 12.1. The Balaban J connectivity index is 2.21. The minimum atomic E-state index is -1.23. The number of nitrogens with zero attached hydrogens (tertiary/aromatic N) is 1. The van der Waals surface area contributed by atoms with E-state index in [0.29, 0.717) is 6.42 Å². The van der Waals surface area contributed by atoms with E-state index < -0.39 is 16.6 Å². The second kappa shape index (κ2) is 5.73. The van der Waals surface area contributed by atoms with Crippen LogP contribution in [0.25, 0.3) is 0 Å². The molecule has 0 atom stereocenters. The van der Waals surface area contributed by atoms with Gasteiger partial charge in [-0.1, -0.05) is 18.2 Å². The van der Waals surface area contributed by atoms with Crippen molar-refractivity contribution in [3.05, 3.63) is 39.9 Å². The van der Waals surface area contributed by atoms with Crippen LogP contribution in [0.3, 0.4) is 0 Å². The topological polar surface area (TPSA) is 94.3 Å². The molecule has 2 rings (SSSR count). The molecule has 6 nitrogen and oxygen atoms in total. The Morgan fingerprint density at radius 1 is 1.20 bits per heavy atom. The summed E-state index contributed by atoms with van der Waals surface area (Å²) in [6, 6.07) is 5.85. The smallest absolute Gasteiger partial charge is 0.273 e. The highest BCUT2D eigenvalue weighted by Crippen LogP contribution is 2.23. The average Bonchev–Trinajstić information content (AvgIpc) is 2.38. The molecule has 0 bridgehead atoms. The van der Waals surface area contributed by atoms with Gasteiger partial charge in [0.1, 0.15) is 5.92 Å². The maximum Gasteiger partial charge on any atom is 0.273 e.